The van der Waals surface area contributed by atoms with Gasteiger partial charge in [0.05, 0.1) is 4.90 Å². The number of hydrogen-bond acceptors (Lipinski definition) is 6. The van der Waals surface area contributed by atoms with E-state index in [2.05, 4.69) is 15.6 Å². The number of rotatable bonds is 6. The fraction of sp³-hybridized carbons (Fsp3) is 0.278. The second-order valence-electron chi connectivity index (χ2n) is 6.62. The fourth-order valence-corrected chi connectivity index (χ4v) is 3.77. The van der Waals surface area contributed by atoms with E-state index in [0.29, 0.717) is 21.7 Å². The predicted molar refractivity (Wildman–Crippen MR) is 109 cm³/mol. The van der Waals surface area contributed by atoms with Gasteiger partial charge in [0.1, 0.15) is 11.0 Å². The maximum absolute atomic E-state index is 12.4. The molecule has 0 saturated carbocycles. The van der Waals surface area contributed by atoms with Gasteiger partial charge in [0.2, 0.25) is 10.0 Å². The molecule has 11 heteroatoms. The zero-order chi connectivity index (χ0) is 21.3. The highest BCUT2D eigenvalue weighted by Gasteiger charge is 2.20. The van der Waals surface area contributed by atoms with Crippen molar-refractivity contribution < 1.29 is 18.0 Å². The second-order valence-corrected chi connectivity index (χ2v) is 9.21. The summed E-state index contributed by atoms with van der Waals surface area (Å²) in [6.45, 7) is 3.22. The summed E-state index contributed by atoms with van der Waals surface area (Å²) >= 11 is 5.97. The Balaban J connectivity index is 1.78. The van der Waals surface area contributed by atoms with Gasteiger partial charge >= 0.3 is 0 Å². The van der Waals surface area contributed by atoms with Crippen molar-refractivity contribution in [3.8, 4) is 0 Å². The Labute approximate surface area is 173 Å². The SMILES string of the molecule is Cc1cc(S(=O)(=O)N(C)C)cc(NC(=O)COn2nnc3ccc(Cl)cc32)c1C. The number of halogens is 1. The van der Waals surface area contributed by atoms with Crippen molar-refractivity contribution in [2.24, 2.45) is 0 Å². The highest BCUT2D eigenvalue weighted by Crippen LogP contribution is 2.25. The number of aryl methyl sites for hydroxylation is 1. The van der Waals surface area contributed by atoms with Gasteiger partial charge in [0.25, 0.3) is 5.91 Å². The third-order valence-electron chi connectivity index (χ3n) is 4.39. The Kier molecular flexibility index (Phi) is 5.78. The number of carbonyl (C=O) groups excluding carboxylic acids is 1. The van der Waals surface area contributed by atoms with Crippen LogP contribution in [-0.4, -0.2) is 54.5 Å². The number of nitrogens with zero attached hydrogens (tertiary/aromatic N) is 4. The Morgan fingerprint density at radius 1 is 1.24 bits per heavy atom. The molecule has 1 amide bonds. The van der Waals surface area contributed by atoms with Gasteiger partial charge in [0, 0.05) is 24.8 Å². The monoisotopic (exact) mass is 437 g/mol. The highest BCUT2D eigenvalue weighted by molar-refractivity contribution is 7.89. The van der Waals surface area contributed by atoms with Crippen LogP contribution >= 0.6 is 11.6 Å². The first-order chi connectivity index (χ1) is 13.6. The summed E-state index contributed by atoms with van der Waals surface area (Å²) < 4.78 is 26.0. The molecule has 2 aromatic carbocycles. The average Bonchev–Trinajstić information content (AvgIpc) is 3.05. The molecule has 0 radical (unpaired) electrons. The van der Waals surface area contributed by atoms with Crippen LogP contribution in [0.4, 0.5) is 5.69 Å². The minimum Gasteiger partial charge on any atom is -0.385 e. The number of sulfonamides is 1. The van der Waals surface area contributed by atoms with Gasteiger partial charge in [0.15, 0.2) is 6.61 Å². The molecule has 0 unspecified atom stereocenters. The summed E-state index contributed by atoms with van der Waals surface area (Å²) in [6.07, 6.45) is 0. The standard InChI is InChI=1S/C18H20ClN5O4S/c1-11-7-14(29(26,27)23(3)4)9-16(12(11)2)20-18(25)10-28-24-17-8-13(19)5-6-15(17)21-22-24/h5-9H,10H2,1-4H3,(H,20,25). The van der Waals surface area contributed by atoms with Crippen LogP contribution in [0.1, 0.15) is 11.1 Å². The van der Waals surface area contributed by atoms with Crippen LogP contribution in [0.2, 0.25) is 5.02 Å². The molecule has 0 atom stereocenters. The Hall–Kier alpha value is -2.69. The van der Waals surface area contributed by atoms with Gasteiger partial charge in [-0.1, -0.05) is 16.4 Å². The van der Waals surface area contributed by atoms with Gasteiger partial charge in [-0.25, -0.2) is 12.7 Å². The van der Waals surface area contributed by atoms with Gasteiger partial charge in [-0.15, -0.1) is 5.10 Å². The van der Waals surface area contributed by atoms with Gasteiger partial charge in [-0.2, -0.15) is 0 Å². The van der Waals surface area contributed by atoms with Crippen molar-refractivity contribution in [1.29, 1.82) is 0 Å². The summed E-state index contributed by atoms with van der Waals surface area (Å²) in [7, 11) is -0.735. The molecule has 0 saturated heterocycles. The molecule has 29 heavy (non-hydrogen) atoms. The largest absolute Gasteiger partial charge is 0.385 e. The van der Waals surface area contributed by atoms with Crippen molar-refractivity contribution in [2.45, 2.75) is 18.7 Å². The van der Waals surface area contributed by atoms with Crippen molar-refractivity contribution >= 4 is 44.3 Å². The van der Waals surface area contributed by atoms with E-state index >= 15 is 0 Å². The molecule has 1 aromatic heterocycles. The maximum Gasteiger partial charge on any atom is 0.265 e. The summed E-state index contributed by atoms with van der Waals surface area (Å²) in [5, 5.41) is 10.9. The number of hydrogen-bond donors (Lipinski definition) is 1. The zero-order valence-corrected chi connectivity index (χ0v) is 17.9. The van der Waals surface area contributed by atoms with Gasteiger partial charge < -0.3 is 10.2 Å². The number of carbonyl (C=O) groups is 1. The molecule has 3 aromatic rings. The van der Waals surface area contributed by atoms with Crippen LogP contribution < -0.4 is 10.2 Å². The highest BCUT2D eigenvalue weighted by atomic mass is 35.5. The lowest BCUT2D eigenvalue weighted by molar-refractivity contribution is -0.121. The molecule has 3 rings (SSSR count). The molecule has 0 spiro atoms. The molecule has 0 aliphatic rings. The Morgan fingerprint density at radius 3 is 2.66 bits per heavy atom. The van der Waals surface area contributed by atoms with E-state index in [1.54, 1.807) is 38.1 Å². The smallest absolute Gasteiger partial charge is 0.265 e. The summed E-state index contributed by atoms with van der Waals surface area (Å²) in [4.78, 5) is 19.0. The molecule has 1 heterocycles. The van der Waals surface area contributed by atoms with Crippen LogP contribution in [-0.2, 0) is 14.8 Å². The van der Waals surface area contributed by atoms with E-state index < -0.39 is 15.9 Å². The lowest BCUT2D eigenvalue weighted by Crippen LogP contribution is -2.27. The number of anilines is 1. The second kappa shape index (κ2) is 7.97. The maximum atomic E-state index is 12.4. The predicted octanol–water partition coefficient (Wildman–Crippen LogP) is 2.02. The zero-order valence-electron chi connectivity index (χ0n) is 16.3. The van der Waals surface area contributed by atoms with Crippen LogP contribution in [0.3, 0.4) is 0 Å². The molecule has 0 aliphatic heterocycles. The lowest BCUT2D eigenvalue weighted by atomic mass is 10.1. The third-order valence-corrected chi connectivity index (χ3v) is 6.42. The van der Waals surface area contributed by atoms with Crippen molar-refractivity contribution in [2.75, 3.05) is 26.0 Å². The normalized spacial score (nSPS) is 11.8. The van der Waals surface area contributed by atoms with E-state index in [1.807, 2.05) is 0 Å². The van der Waals surface area contributed by atoms with E-state index in [9.17, 15) is 13.2 Å². The first-order valence-electron chi connectivity index (χ1n) is 8.57. The van der Waals surface area contributed by atoms with E-state index in [-0.39, 0.29) is 11.5 Å². The Bertz CT molecular complexity index is 1190. The Morgan fingerprint density at radius 2 is 1.97 bits per heavy atom. The summed E-state index contributed by atoms with van der Waals surface area (Å²) in [5.41, 5.74) is 2.99. The molecule has 0 aliphatic carbocycles. The number of fused-ring (bicyclic) bond motifs is 1. The number of benzene rings is 2. The first-order valence-corrected chi connectivity index (χ1v) is 10.4. The quantitative estimate of drug-likeness (QED) is 0.632. The lowest BCUT2D eigenvalue weighted by Gasteiger charge is -2.16. The first kappa shape index (κ1) is 21.0. The third kappa shape index (κ3) is 4.34. The minimum absolute atomic E-state index is 0.0960. The fourth-order valence-electron chi connectivity index (χ4n) is 2.59. The molecule has 9 nitrogen and oxygen atoms in total. The van der Waals surface area contributed by atoms with Crippen LogP contribution in [0, 0.1) is 13.8 Å². The number of aromatic nitrogens is 3. The molecular weight excluding hydrogens is 418 g/mol. The van der Waals surface area contributed by atoms with E-state index in [0.717, 1.165) is 20.3 Å². The van der Waals surface area contributed by atoms with Gasteiger partial charge in [-0.3, -0.25) is 4.79 Å². The van der Waals surface area contributed by atoms with Crippen molar-refractivity contribution in [3.05, 3.63) is 46.5 Å². The molecule has 0 bridgehead atoms. The van der Waals surface area contributed by atoms with E-state index in [4.69, 9.17) is 16.4 Å². The van der Waals surface area contributed by atoms with Crippen LogP contribution in [0.25, 0.3) is 11.0 Å². The molecule has 1 N–H and O–H groups in total. The summed E-state index contributed by atoms with van der Waals surface area (Å²) in [5.74, 6) is -0.474. The van der Waals surface area contributed by atoms with Crippen LogP contribution in [0.5, 0.6) is 0 Å². The molecule has 0 fully saturated rings. The average molecular weight is 438 g/mol. The summed E-state index contributed by atoms with van der Waals surface area (Å²) in [6, 6.07) is 7.99. The minimum atomic E-state index is -3.63. The molecular formula is C18H20ClN5O4S. The topological polar surface area (TPSA) is 106 Å². The van der Waals surface area contributed by atoms with Crippen molar-refractivity contribution in [3.63, 3.8) is 0 Å². The van der Waals surface area contributed by atoms with Crippen molar-refractivity contribution in [1.82, 2.24) is 19.5 Å². The van der Waals surface area contributed by atoms with Crippen LogP contribution in [0.15, 0.2) is 35.2 Å². The van der Waals surface area contributed by atoms with E-state index in [1.165, 1.54) is 20.2 Å². The molecule has 154 valence electrons. The number of amides is 1. The van der Waals surface area contributed by atoms with Gasteiger partial charge in [-0.05, 0) is 60.5 Å². The number of nitrogens with one attached hydrogen (secondary N) is 1.